The number of aromatic nitrogens is 4. The van der Waals surface area contributed by atoms with Crippen molar-refractivity contribution in [3.8, 4) is 22.4 Å². The molecule has 5 aromatic rings. The van der Waals surface area contributed by atoms with Gasteiger partial charge in [0.05, 0.1) is 30.5 Å². The molecule has 218 valence electrons. The van der Waals surface area contributed by atoms with Crippen LogP contribution >= 0.6 is 0 Å². The number of carbonyl (C=O) groups excluding carboxylic acids is 1. The number of piperidine rings is 1. The average Bonchev–Trinajstić information content (AvgIpc) is 3.62. The van der Waals surface area contributed by atoms with Gasteiger partial charge in [0.15, 0.2) is 0 Å². The molecule has 4 aromatic heterocycles. The molecule has 0 atom stereocenters. The Kier molecular flexibility index (Phi) is 5.51. The van der Waals surface area contributed by atoms with E-state index in [1.54, 1.807) is 29.4 Å². The van der Waals surface area contributed by atoms with Gasteiger partial charge >= 0.3 is 23.8 Å². The van der Waals surface area contributed by atoms with E-state index >= 15 is 0 Å². The monoisotopic (exact) mass is 590 g/mol. The van der Waals surface area contributed by atoms with E-state index < -0.39 is 42.7 Å². The van der Waals surface area contributed by atoms with Gasteiger partial charge in [0.25, 0.3) is 0 Å². The van der Waals surface area contributed by atoms with Gasteiger partial charge in [-0.25, -0.2) is 14.2 Å². The summed E-state index contributed by atoms with van der Waals surface area (Å²) in [4.78, 5) is 21.7. The first-order chi connectivity index (χ1) is 19.9. The maximum atomic E-state index is 15.0. The lowest BCUT2D eigenvalue weighted by molar-refractivity contribution is -0.333. The van der Waals surface area contributed by atoms with Crippen molar-refractivity contribution < 1.29 is 35.5 Å². The first-order valence-corrected chi connectivity index (χ1v) is 13.0. The number of nitrogens with one attached hydrogen (secondary N) is 1. The predicted molar refractivity (Wildman–Crippen MR) is 138 cm³/mol. The third kappa shape index (κ3) is 3.73. The fourth-order valence-electron chi connectivity index (χ4n) is 5.95. The highest BCUT2D eigenvalue weighted by Gasteiger charge is 2.75. The molecule has 1 aromatic carbocycles. The largest absolute Gasteiger partial charge is 0.375 e. The summed E-state index contributed by atoms with van der Waals surface area (Å²) in [5.41, 5.74) is 4.67. The van der Waals surface area contributed by atoms with E-state index in [9.17, 15) is 35.5 Å². The highest BCUT2D eigenvalue weighted by Crippen LogP contribution is 2.49. The second kappa shape index (κ2) is 8.76. The zero-order chi connectivity index (χ0) is 29.6. The third-order valence-electron chi connectivity index (χ3n) is 7.96. The molecule has 0 unspecified atom stereocenters. The molecular formula is C28H21F7N6O. The summed E-state index contributed by atoms with van der Waals surface area (Å²) in [5.74, 6) is -16.5. The standard InChI is InChI=1S/C28H21F7N6O/c29-17-7-16-12-39(25(42)40-14-26(30,31)28(34,35)27(32,33)15-40)6-5-38-13-21(18(8-17)24(16)38)19-9-36-10-20(19)22-11-37-23-3-1-2-4-41(22)23/h1-4,7-11,13,36H,5-6,12,14-15H2. The molecule has 0 radical (unpaired) electrons. The number of H-pyrrole nitrogens is 1. The Hall–Kier alpha value is -4.49. The Morgan fingerprint density at radius 2 is 1.64 bits per heavy atom. The molecule has 0 aliphatic carbocycles. The van der Waals surface area contributed by atoms with Crippen LogP contribution in [0.25, 0.3) is 38.9 Å². The lowest BCUT2D eigenvalue weighted by Crippen LogP contribution is -2.69. The van der Waals surface area contributed by atoms with Crippen molar-refractivity contribution in [2.24, 2.45) is 0 Å². The summed E-state index contributed by atoms with van der Waals surface area (Å²) in [7, 11) is 0. The number of amides is 2. The molecule has 0 saturated carbocycles. The van der Waals surface area contributed by atoms with Crippen molar-refractivity contribution in [3.05, 3.63) is 72.7 Å². The molecule has 7 nitrogen and oxygen atoms in total. The fraction of sp³-hybridized carbons (Fsp3) is 0.286. The fourth-order valence-corrected chi connectivity index (χ4v) is 5.95. The normalized spacial score (nSPS) is 19.4. The van der Waals surface area contributed by atoms with Crippen LogP contribution in [0, 0.1) is 5.82 Å². The summed E-state index contributed by atoms with van der Waals surface area (Å²) in [6, 6.07) is 6.88. The van der Waals surface area contributed by atoms with E-state index in [0.717, 1.165) is 27.4 Å². The third-order valence-corrected chi connectivity index (χ3v) is 7.96. The quantitative estimate of drug-likeness (QED) is 0.247. The molecule has 42 heavy (non-hydrogen) atoms. The molecule has 1 saturated heterocycles. The van der Waals surface area contributed by atoms with Crippen molar-refractivity contribution in [2.45, 2.75) is 30.9 Å². The number of fused-ring (bicyclic) bond motifs is 1. The number of likely N-dealkylation sites (tertiary alicyclic amines) is 1. The number of halogens is 7. The Morgan fingerprint density at radius 1 is 0.905 bits per heavy atom. The SMILES string of the molecule is O=C(N1CCn2cc(-c3c[nH]cc3-c3cnc4ccccn34)c3cc(F)cc(c32)C1)N1CC(F)(F)C(F)(F)C(F)(F)C1. The highest BCUT2D eigenvalue weighted by atomic mass is 19.3. The van der Waals surface area contributed by atoms with Gasteiger partial charge in [-0.15, -0.1) is 0 Å². The van der Waals surface area contributed by atoms with Crippen LogP contribution < -0.4 is 0 Å². The number of pyridine rings is 1. The lowest BCUT2D eigenvalue weighted by atomic mass is 9.98. The topological polar surface area (TPSA) is 61.6 Å². The number of benzene rings is 1. The molecule has 14 heteroatoms. The molecule has 1 N–H and O–H groups in total. The second-order valence-electron chi connectivity index (χ2n) is 10.6. The van der Waals surface area contributed by atoms with E-state index in [4.69, 9.17) is 0 Å². The van der Waals surface area contributed by atoms with Crippen LogP contribution in [0.5, 0.6) is 0 Å². The van der Waals surface area contributed by atoms with Gasteiger partial charge in [0.1, 0.15) is 11.5 Å². The minimum Gasteiger partial charge on any atom is -0.366 e. The molecule has 0 bridgehead atoms. The Morgan fingerprint density at radius 3 is 2.40 bits per heavy atom. The first kappa shape index (κ1) is 26.4. The summed E-state index contributed by atoms with van der Waals surface area (Å²) in [6.07, 6.45) is 8.95. The molecular weight excluding hydrogens is 569 g/mol. The van der Waals surface area contributed by atoms with Gasteiger partial charge in [-0.2, -0.15) is 26.3 Å². The van der Waals surface area contributed by atoms with Gasteiger partial charge in [-0.1, -0.05) is 6.07 Å². The smallest absolute Gasteiger partial charge is 0.366 e. The van der Waals surface area contributed by atoms with Crippen molar-refractivity contribution in [1.82, 2.24) is 28.7 Å². The maximum absolute atomic E-state index is 15.0. The number of imidazole rings is 1. The Bertz CT molecular complexity index is 1850. The maximum Gasteiger partial charge on any atom is 0.375 e. The molecule has 2 amide bonds. The zero-order valence-corrected chi connectivity index (χ0v) is 21.6. The first-order valence-electron chi connectivity index (χ1n) is 13.0. The number of hydrogen-bond donors (Lipinski definition) is 1. The molecule has 1 fully saturated rings. The molecule has 2 aliphatic rings. The average molecular weight is 591 g/mol. The minimum atomic E-state index is -5.60. The van der Waals surface area contributed by atoms with E-state index in [0.29, 0.717) is 22.0 Å². The zero-order valence-electron chi connectivity index (χ0n) is 21.6. The summed E-state index contributed by atoms with van der Waals surface area (Å²) in [6.45, 7) is -4.02. The van der Waals surface area contributed by atoms with E-state index in [2.05, 4.69) is 9.97 Å². The number of aromatic amines is 1. The van der Waals surface area contributed by atoms with Crippen LogP contribution in [0.2, 0.25) is 0 Å². The summed E-state index contributed by atoms with van der Waals surface area (Å²) in [5, 5.41) is 0.518. The lowest BCUT2D eigenvalue weighted by Gasteiger charge is -2.43. The van der Waals surface area contributed by atoms with E-state index in [-0.39, 0.29) is 24.5 Å². The Balaban J connectivity index is 1.26. The van der Waals surface area contributed by atoms with Crippen LogP contribution in [-0.4, -0.2) is 72.2 Å². The number of urea groups is 1. The molecule has 6 heterocycles. The second-order valence-corrected chi connectivity index (χ2v) is 10.6. The number of rotatable bonds is 2. The van der Waals surface area contributed by atoms with Gasteiger partial charge in [-0.3, -0.25) is 4.40 Å². The van der Waals surface area contributed by atoms with Crippen LogP contribution in [0.3, 0.4) is 0 Å². The van der Waals surface area contributed by atoms with Crippen LogP contribution in [0.1, 0.15) is 5.56 Å². The van der Waals surface area contributed by atoms with Gasteiger partial charge in [-0.05, 0) is 29.8 Å². The number of nitrogens with zero attached hydrogens (tertiary/aromatic N) is 5. The van der Waals surface area contributed by atoms with Crippen molar-refractivity contribution >= 4 is 22.6 Å². The van der Waals surface area contributed by atoms with Gasteiger partial charge in [0, 0.05) is 66.5 Å². The number of hydrogen-bond acceptors (Lipinski definition) is 2. The van der Waals surface area contributed by atoms with Gasteiger partial charge < -0.3 is 19.4 Å². The van der Waals surface area contributed by atoms with E-state index in [1.807, 2.05) is 28.8 Å². The minimum absolute atomic E-state index is 0.0436. The van der Waals surface area contributed by atoms with Crippen molar-refractivity contribution in [3.63, 3.8) is 0 Å². The van der Waals surface area contributed by atoms with Crippen LogP contribution in [-0.2, 0) is 13.1 Å². The Labute approximate surface area is 232 Å². The predicted octanol–water partition coefficient (Wildman–Crippen LogP) is 6.25. The molecule has 2 aliphatic heterocycles. The summed E-state index contributed by atoms with van der Waals surface area (Å²) < 4.78 is 102. The van der Waals surface area contributed by atoms with E-state index in [1.165, 1.54) is 12.1 Å². The van der Waals surface area contributed by atoms with Crippen molar-refractivity contribution in [1.29, 1.82) is 0 Å². The molecule has 7 rings (SSSR count). The number of carbonyl (C=O) groups is 1. The molecule has 0 spiro atoms. The summed E-state index contributed by atoms with van der Waals surface area (Å²) >= 11 is 0. The van der Waals surface area contributed by atoms with Gasteiger partial charge in [0.2, 0.25) is 0 Å². The number of alkyl halides is 6. The highest BCUT2D eigenvalue weighted by molar-refractivity contribution is 6.01. The van der Waals surface area contributed by atoms with Crippen molar-refractivity contribution in [2.75, 3.05) is 19.6 Å². The van der Waals surface area contributed by atoms with Crippen LogP contribution in [0.15, 0.2) is 61.3 Å². The van der Waals surface area contributed by atoms with Crippen LogP contribution in [0.4, 0.5) is 35.5 Å².